The minimum Gasteiger partial charge on any atom is -0.361 e. The lowest BCUT2D eigenvalue weighted by Gasteiger charge is -2.15. The molecule has 1 fully saturated rings. The average molecular weight is 166 g/mol. The molecule has 0 aliphatic carbocycles. The molecule has 1 aliphatic heterocycles. The molecule has 1 atom stereocenters. The summed E-state index contributed by atoms with van der Waals surface area (Å²) in [5.41, 5.74) is 1.09. The van der Waals surface area contributed by atoms with Gasteiger partial charge >= 0.3 is 0 Å². The summed E-state index contributed by atoms with van der Waals surface area (Å²) in [7, 11) is 2.14. The molecule has 0 saturated carbocycles. The molecular formula is C9H14N2O. The zero-order valence-corrected chi connectivity index (χ0v) is 7.58. The van der Waals surface area contributed by atoms with Gasteiger partial charge in [-0.15, -0.1) is 0 Å². The van der Waals surface area contributed by atoms with Crippen molar-refractivity contribution in [2.24, 2.45) is 0 Å². The van der Waals surface area contributed by atoms with E-state index < -0.39 is 0 Å². The first-order chi connectivity index (χ1) is 5.77. The van der Waals surface area contributed by atoms with E-state index in [9.17, 15) is 0 Å². The highest BCUT2D eigenvalue weighted by atomic mass is 16.5. The quantitative estimate of drug-likeness (QED) is 0.636. The van der Waals surface area contributed by atoms with Gasteiger partial charge in [-0.3, -0.25) is 4.90 Å². The van der Waals surface area contributed by atoms with Crippen LogP contribution in [0.25, 0.3) is 0 Å². The molecule has 3 nitrogen and oxygen atoms in total. The van der Waals surface area contributed by atoms with E-state index in [1.807, 2.05) is 13.0 Å². The Kier molecular flexibility index (Phi) is 1.89. The van der Waals surface area contributed by atoms with E-state index in [-0.39, 0.29) is 0 Å². The van der Waals surface area contributed by atoms with Crippen LogP contribution in [-0.4, -0.2) is 23.6 Å². The molecule has 0 aromatic carbocycles. The van der Waals surface area contributed by atoms with Crippen molar-refractivity contribution in [3.63, 3.8) is 0 Å². The third-order valence-electron chi connectivity index (χ3n) is 2.51. The van der Waals surface area contributed by atoms with Crippen LogP contribution in [-0.2, 0) is 0 Å². The van der Waals surface area contributed by atoms with Crippen LogP contribution in [0.1, 0.15) is 30.3 Å². The minimum atomic E-state index is 0.488. The number of hydrogen-bond acceptors (Lipinski definition) is 3. The third-order valence-corrected chi connectivity index (χ3v) is 2.51. The highest BCUT2D eigenvalue weighted by Crippen LogP contribution is 2.29. The van der Waals surface area contributed by atoms with Gasteiger partial charge in [0, 0.05) is 6.07 Å². The molecule has 3 heteroatoms. The van der Waals surface area contributed by atoms with E-state index in [2.05, 4.69) is 17.1 Å². The Morgan fingerprint density at radius 3 is 3.00 bits per heavy atom. The Bertz CT molecular complexity index is 269. The monoisotopic (exact) mass is 166 g/mol. The first-order valence-corrected chi connectivity index (χ1v) is 4.41. The second-order valence-electron chi connectivity index (χ2n) is 3.50. The number of rotatable bonds is 1. The fraction of sp³-hybridized carbons (Fsp3) is 0.667. The van der Waals surface area contributed by atoms with Crippen molar-refractivity contribution in [3.05, 3.63) is 17.5 Å². The van der Waals surface area contributed by atoms with Gasteiger partial charge < -0.3 is 4.52 Å². The number of nitrogens with zero attached hydrogens (tertiary/aromatic N) is 2. The molecule has 1 aliphatic rings. The van der Waals surface area contributed by atoms with Crippen molar-refractivity contribution in [1.29, 1.82) is 0 Å². The molecule has 0 amide bonds. The zero-order valence-electron chi connectivity index (χ0n) is 7.58. The van der Waals surface area contributed by atoms with Crippen molar-refractivity contribution in [3.8, 4) is 0 Å². The summed E-state index contributed by atoms with van der Waals surface area (Å²) in [6, 6.07) is 2.52. The predicted octanol–water partition coefficient (Wildman–Crippen LogP) is 1.75. The first-order valence-electron chi connectivity index (χ1n) is 4.41. The molecule has 66 valence electrons. The molecule has 0 spiro atoms. The van der Waals surface area contributed by atoms with E-state index in [1.165, 1.54) is 19.4 Å². The maximum atomic E-state index is 5.05. The van der Waals surface area contributed by atoms with Gasteiger partial charge in [-0.05, 0) is 33.4 Å². The average Bonchev–Trinajstić information content (AvgIpc) is 2.58. The summed E-state index contributed by atoms with van der Waals surface area (Å²) in [5.74, 6) is 0.908. The molecule has 0 bridgehead atoms. The second kappa shape index (κ2) is 2.90. The summed E-state index contributed by atoms with van der Waals surface area (Å²) in [6.45, 7) is 3.11. The number of hydrogen-bond donors (Lipinski definition) is 0. The summed E-state index contributed by atoms with van der Waals surface area (Å²) >= 11 is 0. The molecule has 12 heavy (non-hydrogen) atoms. The summed E-state index contributed by atoms with van der Waals surface area (Å²) in [5, 5.41) is 4.03. The molecule has 2 rings (SSSR count). The topological polar surface area (TPSA) is 29.3 Å². The number of aromatic nitrogens is 1. The predicted molar refractivity (Wildman–Crippen MR) is 45.8 cm³/mol. The van der Waals surface area contributed by atoms with Crippen molar-refractivity contribution >= 4 is 0 Å². The van der Waals surface area contributed by atoms with Crippen LogP contribution in [0.3, 0.4) is 0 Å². The Hall–Kier alpha value is -0.830. The van der Waals surface area contributed by atoms with Gasteiger partial charge in [-0.1, -0.05) is 5.16 Å². The highest BCUT2D eigenvalue weighted by molar-refractivity contribution is 5.10. The van der Waals surface area contributed by atoms with Crippen LogP contribution >= 0.6 is 0 Å². The van der Waals surface area contributed by atoms with Gasteiger partial charge in [-0.2, -0.15) is 0 Å². The van der Waals surface area contributed by atoms with Gasteiger partial charge in [0.1, 0.15) is 11.5 Å². The molecule has 1 aromatic rings. The standard InChI is InChI=1S/C9H14N2O/c1-7-6-8(10-12-7)9-4-3-5-11(9)2/h6,9H,3-5H2,1-2H3/t9-/m1/s1. The Balaban J connectivity index is 2.19. The maximum absolute atomic E-state index is 5.05. The lowest BCUT2D eigenvalue weighted by Crippen LogP contribution is -2.17. The Labute approximate surface area is 72.3 Å². The zero-order chi connectivity index (χ0) is 8.55. The summed E-state index contributed by atoms with van der Waals surface area (Å²) in [6.07, 6.45) is 2.48. The molecule has 0 unspecified atom stereocenters. The Morgan fingerprint density at radius 2 is 2.50 bits per heavy atom. The number of likely N-dealkylation sites (tertiary alicyclic amines) is 1. The second-order valence-corrected chi connectivity index (χ2v) is 3.50. The molecular weight excluding hydrogens is 152 g/mol. The van der Waals surface area contributed by atoms with Gasteiger partial charge in [0.25, 0.3) is 0 Å². The first kappa shape index (κ1) is 7.80. The molecule has 1 saturated heterocycles. The molecule has 2 heterocycles. The largest absolute Gasteiger partial charge is 0.361 e. The van der Waals surface area contributed by atoms with Crippen LogP contribution in [0.4, 0.5) is 0 Å². The van der Waals surface area contributed by atoms with Gasteiger partial charge in [0.2, 0.25) is 0 Å². The summed E-state index contributed by atoms with van der Waals surface area (Å²) < 4.78 is 5.05. The fourth-order valence-corrected chi connectivity index (χ4v) is 1.83. The molecule has 0 radical (unpaired) electrons. The molecule has 0 N–H and O–H groups in total. The van der Waals surface area contributed by atoms with Crippen LogP contribution < -0.4 is 0 Å². The lowest BCUT2D eigenvalue weighted by atomic mass is 10.1. The smallest absolute Gasteiger partial charge is 0.133 e. The lowest BCUT2D eigenvalue weighted by molar-refractivity contribution is 0.295. The molecule has 1 aromatic heterocycles. The van der Waals surface area contributed by atoms with Crippen molar-refractivity contribution in [2.45, 2.75) is 25.8 Å². The van der Waals surface area contributed by atoms with Crippen LogP contribution in [0.5, 0.6) is 0 Å². The third kappa shape index (κ3) is 1.25. The van der Waals surface area contributed by atoms with Gasteiger partial charge in [0.05, 0.1) is 6.04 Å². The van der Waals surface area contributed by atoms with Gasteiger partial charge in [0.15, 0.2) is 0 Å². The van der Waals surface area contributed by atoms with Crippen LogP contribution in [0.15, 0.2) is 10.6 Å². The van der Waals surface area contributed by atoms with E-state index in [4.69, 9.17) is 4.52 Å². The highest BCUT2D eigenvalue weighted by Gasteiger charge is 2.24. The van der Waals surface area contributed by atoms with E-state index >= 15 is 0 Å². The van der Waals surface area contributed by atoms with E-state index in [0.717, 1.165) is 11.5 Å². The van der Waals surface area contributed by atoms with Crippen LogP contribution in [0.2, 0.25) is 0 Å². The normalized spacial score (nSPS) is 25.0. The van der Waals surface area contributed by atoms with Crippen molar-refractivity contribution < 1.29 is 4.52 Å². The van der Waals surface area contributed by atoms with Crippen molar-refractivity contribution in [2.75, 3.05) is 13.6 Å². The van der Waals surface area contributed by atoms with Crippen LogP contribution in [0, 0.1) is 6.92 Å². The minimum absolute atomic E-state index is 0.488. The summed E-state index contributed by atoms with van der Waals surface area (Å²) in [4.78, 5) is 2.33. The fourth-order valence-electron chi connectivity index (χ4n) is 1.83. The SMILES string of the molecule is Cc1cc([C@H]2CCCN2C)no1. The maximum Gasteiger partial charge on any atom is 0.133 e. The Morgan fingerprint density at radius 1 is 1.67 bits per heavy atom. The number of aryl methyl sites for hydroxylation is 1. The van der Waals surface area contributed by atoms with E-state index in [0.29, 0.717) is 6.04 Å². The van der Waals surface area contributed by atoms with Crippen molar-refractivity contribution in [1.82, 2.24) is 10.1 Å². The van der Waals surface area contributed by atoms with Gasteiger partial charge in [-0.25, -0.2) is 0 Å². The van der Waals surface area contributed by atoms with E-state index in [1.54, 1.807) is 0 Å².